The van der Waals surface area contributed by atoms with E-state index < -0.39 is 0 Å². The molecule has 0 amide bonds. The minimum atomic E-state index is 0.387. The summed E-state index contributed by atoms with van der Waals surface area (Å²) in [6.45, 7) is 0.387. The maximum absolute atomic E-state index is 5.15. The fourth-order valence-electron chi connectivity index (χ4n) is 2.64. The monoisotopic (exact) mass is 348 g/mol. The summed E-state index contributed by atoms with van der Waals surface area (Å²) < 4.78 is 6.89. The number of benzene rings is 2. The number of aromatic nitrogens is 4. The highest BCUT2D eigenvalue weighted by Gasteiger charge is 2.12. The number of hydrogen-bond acceptors (Lipinski definition) is 5. The normalized spacial score (nSPS) is 10.9. The van der Waals surface area contributed by atoms with Gasteiger partial charge in [-0.25, -0.2) is 0 Å². The van der Waals surface area contributed by atoms with Gasteiger partial charge in [-0.2, -0.15) is 9.61 Å². The van der Waals surface area contributed by atoms with Crippen LogP contribution in [0.4, 0.5) is 0 Å². The van der Waals surface area contributed by atoms with Crippen molar-refractivity contribution in [3.8, 4) is 0 Å². The summed E-state index contributed by atoms with van der Waals surface area (Å²) >= 11 is 1.51. The molecule has 124 valence electrons. The molecule has 2 aromatic heterocycles. The number of nitrogens with zero attached hydrogens (tertiary/aromatic N) is 4. The second-order valence-corrected chi connectivity index (χ2v) is 6.46. The fourth-order valence-corrected chi connectivity index (χ4v) is 3.44. The molecule has 0 unspecified atom stereocenters. The molecule has 0 bridgehead atoms. The minimum absolute atomic E-state index is 0.387. The summed E-state index contributed by atoms with van der Waals surface area (Å²) in [4.78, 5) is 0.763. The van der Waals surface area contributed by atoms with Gasteiger partial charge in [0.2, 0.25) is 4.96 Å². The lowest BCUT2D eigenvalue weighted by Crippen LogP contribution is -1.97. The number of ether oxygens (including phenoxy) is 1. The molecule has 0 saturated heterocycles. The van der Waals surface area contributed by atoms with E-state index in [1.165, 1.54) is 11.3 Å². The molecule has 0 saturated carbocycles. The summed E-state index contributed by atoms with van der Waals surface area (Å²) in [5.74, 6) is 0.703. The van der Waals surface area contributed by atoms with Crippen molar-refractivity contribution >= 4 is 27.9 Å². The third-order valence-corrected chi connectivity index (χ3v) is 4.63. The second kappa shape index (κ2) is 6.96. The van der Waals surface area contributed by atoms with Gasteiger partial charge < -0.3 is 4.74 Å². The Kier molecular flexibility index (Phi) is 4.37. The predicted octanol–water partition coefficient (Wildman–Crippen LogP) is 3.92. The van der Waals surface area contributed by atoms with Crippen LogP contribution in [-0.4, -0.2) is 26.9 Å². The Labute approximate surface area is 149 Å². The van der Waals surface area contributed by atoms with Crippen LogP contribution in [0.5, 0.6) is 0 Å². The number of rotatable bonds is 5. The Hall–Kier alpha value is -2.83. The largest absolute Gasteiger partial charge is 0.377 e. The molecular weight excluding hydrogens is 332 g/mol. The van der Waals surface area contributed by atoms with Crippen LogP contribution in [0.25, 0.3) is 16.6 Å². The first-order chi connectivity index (χ1) is 12.3. The lowest BCUT2D eigenvalue weighted by Gasteiger charge is -2.07. The highest BCUT2D eigenvalue weighted by Crippen LogP contribution is 2.27. The molecule has 25 heavy (non-hydrogen) atoms. The number of fused-ring (bicyclic) bond motifs is 1. The van der Waals surface area contributed by atoms with Crippen molar-refractivity contribution in [3.05, 3.63) is 82.6 Å². The first-order valence-electron chi connectivity index (χ1n) is 7.88. The highest BCUT2D eigenvalue weighted by atomic mass is 32.1. The molecule has 5 nitrogen and oxygen atoms in total. The molecule has 0 fully saturated rings. The third kappa shape index (κ3) is 3.22. The molecule has 0 aliphatic heterocycles. The quantitative estimate of drug-likeness (QED) is 0.548. The molecule has 4 aromatic rings. The summed E-state index contributed by atoms with van der Waals surface area (Å²) in [6.07, 6.45) is 2.10. The van der Waals surface area contributed by atoms with Crippen molar-refractivity contribution in [3.63, 3.8) is 0 Å². The van der Waals surface area contributed by atoms with Gasteiger partial charge in [-0.15, -0.1) is 10.2 Å². The molecule has 2 aromatic carbocycles. The Bertz CT molecular complexity index is 964. The Morgan fingerprint density at radius 3 is 2.24 bits per heavy atom. The van der Waals surface area contributed by atoms with Crippen LogP contribution < -0.4 is 0 Å². The Morgan fingerprint density at radius 1 is 1.00 bits per heavy atom. The van der Waals surface area contributed by atoms with Crippen LogP contribution in [0.3, 0.4) is 0 Å². The highest BCUT2D eigenvalue weighted by molar-refractivity contribution is 7.17. The van der Waals surface area contributed by atoms with E-state index in [4.69, 9.17) is 4.74 Å². The molecular formula is C19H16N4OS. The van der Waals surface area contributed by atoms with Gasteiger partial charge in [0.25, 0.3) is 0 Å². The molecule has 0 spiro atoms. The third-order valence-electron chi connectivity index (χ3n) is 3.78. The van der Waals surface area contributed by atoms with Crippen LogP contribution in [0.15, 0.2) is 60.7 Å². The first kappa shape index (κ1) is 15.7. The van der Waals surface area contributed by atoms with E-state index in [9.17, 15) is 0 Å². The first-order valence-corrected chi connectivity index (χ1v) is 8.69. The van der Waals surface area contributed by atoms with E-state index in [1.54, 1.807) is 11.6 Å². The van der Waals surface area contributed by atoms with Crippen molar-refractivity contribution < 1.29 is 4.74 Å². The molecule has 0 atom stereocenters. The molecule has 0 aliphatic rings. The second-order valence-electron chi connectivity index (χ2n) is 5.47. The molecule has 4 rings (SSSR count). The molecule has 0 N–H and O–H groups in total. The van der Waals surface area contributed by atoms with Gasteiger partial charge in [0, 0.05) is 7.11 Å². The van der Waals surface area contributed by atoms with Crippen LogP contribution in [-0.2, 0) is 11.3 Å². The Balaban J connectivity index is 1.82. The summed E-state index contributed by atoms with van der Waals surface area (Å²) in [5, 5.41) is 13.8. The van der Waals surface area contributed by atoms with Crippen LogP contribution >= 0.6 is 11.3 Å². The molecule has 2 heterocycles. The SMILES string of the molecule is COCc1nnc2sc(C=C(c3ccccc3)c3ccccc3)nn12. The number of methoxy groups -OCH3 is 1. The summed E-state index contributed by atoms with van der Waals surface area (Å²) in [6, 6.07) is 20.6. The predicted molar refractivity (Wildman–Crippen MR) is 99.2 cm³/mol. The van der Waals surface area contributed by atoms with Gasteiger partial charge in [-0.1, -0.05) is 72.0 Å². The molecule has 0 aliphatic carbocycles. The molecule has 6 heteroatoms. The van der Waals surface area contributed by atoms with Gasteiger partial charge in [-0.3, -0.25) is 0 Å². The topological polar surface area (TPSA) is 52.3 Å². The van der Waals surface area contributed by atoms with Crippen LogP contribution in [0.1, 0.15) is 22.0 Å². The smallest absolute Gasteiger partial charge is 0.235 e. The van der Waals surface area contributed by atoms with Gasteiger partial charge in [-0.05, 0) is 22.8 Å². The van der Waals surface area contributed by atoms with E-state index in [0.717, 1.165) is 26.7 Å². The molecule has 0 radical (unpaired) electrons. The lowest BCUT2D eigenvalue weighted by atomic mass is 9.98. The zero-order valence-corrected chi connectivity index (χ0v) is 14.5. The maximum Gasteiger partial charge on any atom is 0.235 e. The van der Waals surface area contributed by atoms with E-state index in [1.807, 2.05) is 36.4 Å². The van der Waals surface area contributed by atoms with Gasteiger partial charge in [0.15, 0.2) is 5.82 Å². The Morgan fingerprint density at radius 2 is 1.64 bits per heavy atom. The van der Waals surface area contributed by atoms with E-state index in [-0.39, 0.29) is 0 Å². The maximum atomic E-state index is 5.15. The van der Waals surface area contributed by atoms with Crippen LogP contribution in [0, 0.1) is 0 Å². The summed E-state index contributed by atoms with van der Waals surface area (Å²) in [7, 11) is 1.64. The van der Waals surface area contributed by atoms with Crippen molar-refractivity contribution in [2.24, 2.45) is 0 Å². The van der Waals surface area contributed by atoms with Crippen molar-refractivity contribution in [2.75, 3.05) is 7.11 Å². The standard InChI is InChI=1S/C19H16N4OS/c1-24-13-17-20-21-19-23(17)22-18(25-19)12-16(14-8-4-2-5-9-14)15-10-6-3-7-11-15/h2-12H,13H2,1H3. The van der Waals surface area contributed by atoms with Crippen molar-refractivity contribution in [2.45, 2.75) is 6.61 Å². The zero-order chi connectivity index (χ0) is 17.1. The average Bonchev–Trinajstić information content (AvgIpc) is 3.23. The van der Waals surface area contributed by atoms with E-state index in [0.29, 0.717) is 12.4 Å². The van der Waals surface area contributed by atoms with Gasteiger partial charge >= 0.3 is 0 Å². The zero-order valence-electron chi connectivity index (χ0n) is 13.7. The lowest BCUT2D eigenvalue weighted by molar-refractivity contribution is 0.176. The van der Waals surface area contributed by atoms with E-state index >= 15 is 0 Å². The summed E-state index contributed by atoms with van der Waals surface area (Å²) in [5.41, 5.74) is 3.42. The minimum Gasteiger partial charge on any atom is -0.377 e. The average molecular weight is 348 g/mol. The number of hydrogen-bond donors (Lipinski definition) is 0. The van der Waals surface area contributed by atoms with Crippen molar-refractivity contribution in [1.29, 1.82) is 0 Å². The van der Waals surface area contributed by atoms with Gasteiger partial charge in [0.1, 0.15) is 11.6 Å². The van der Waals surface area contributed by atoms with Crippen LogP contribution in [0.2, 0.25) is 0 Å². The van der Waals surface area contributed by atoms with E-state index in [2.05, 4.69) is 45.6 Å². The van der Waals surface area contributed by atoms with Crippen molar-refractivity contribution in [1.82, 2.24) is 19.8 Å². The fraction of sp³-hybridized carbons (Fsp3) is 0.105. The van der Waals surface area contributed by atoms with Gasteiger partial charge in [0.05, 0.1) is 0 Å².